The van der Waals surface area contributed by atoms with Crippen LogP contribution in [0.3, 0.4) is 0 Å². The van der Waals surface area contributed by atoms with Gasteiger partial charge in [0.1, 0.15) is 0 Å². The summed E-state index contributed by atoms with van der Waals surface area (Å²) in [6, 6.07) is 6.70. The summed E-state index contributed by atoms with van der Waals surface area (Å²) in [7, 11) is 0. The van der Waals surface area contributed by atoms with Crippen LogP contribution in [0.5, 0.6) is 0 Å². The topological polar surface area (TPSA) is 70.0 Å². The molecule has 1 heterocycles. The maximum Gasteiger partial charge on any atom is 0.337 e. The van der Waals surface area contributed by atoms with E-state index in [4.69, 9.17) is 5.73 Å². The van der Waals surface area contributed by atoms with Crippen LogP contribution in [0.15, 0.2) is 29.1 Å². The second-order valence-electron chi connectivity index (χ2n) is 5.37. The maximum atomic E-state index is 12.6. The Morgan fingerprint density at radius 1 is 1.19 bits per heavy atom. The van der Waals surface area contributed by atoms with Gasteiger partial charge in [-0.3, -0.25) is 4.57 Å². The number of unbranched alkanes of at least 4 members (excludes halogenated alkanes) is 2. The lowest BCUT2D eigenvalue weighted by molar-refractivity contribution is 0.250. The minimum Gasteiger partial charge on any atom is -0.351 e. The third kappa shape index (κ3) is 2.86. The number of nitrogens with zero attached hydrogens (tertiary/aromatic N) is 2. The zero-order valence-electron chi connectivity index (χ0n) is 12.7. The van der Waals surface area contributed by atoms with Gasteiger partial charge in [0.05, 0.1) is 11.0 Å². The number of primary amides is 1. The number of aromatic nitrogens is 2. The average molecular weight is 289 g/mol. The number of benzene rings is 1. The van der Waals surface area contributed by atoms with Crippen molar-refractivity contribution in [1.29, 1.82) is 0 Å². The number of fused-ring (bicyclic) bond motifs is 1. The van der Waals surface area contributed by atoms with E-state index in [9.17, 15) is 9.59 Å². The molecule has 0 bridgehead atoms. The van der Waals surface area contributed by atoms with Crippen LogP contribution in [0, 0.1) is 0 Å². The predicted molar refractivity (Wildman–Crippen MR) is 84.6 cm³/mol. The second kappa shape index (κ2) is 6.61. The molecule has 1 aromatic carbocycles. The molecular formula is C16H23N3O2. The Morgan fingerprint density at radius 2 is 1.86 bits per heavy atom. The normalized spacial score (nSPS) is 12.7. The fourth-order valence-electron chi connectivity index (χ4n) is 2.88. The lowest BCUT2D eigenvalue weighted by Gasteiger charge is -2.16. The fraction of sp³-hybridized carbons (Fsp3) is 0.500. The van der Waals surface area contributed by atoms with Gasteiger partial charge in [-0.1, -0.05) is 45.2 Å². The van der Waals surface area contributed by atoms with Crippen LogP contribution in [-0.2, 0) is 0 Å². The first kappa shape index (κ1) is 15.4. The summed E-state index contributed by atoms with van der Waals surface area (Å²) in [5.41, 5.74) is 6.41. The quantitative estimate of drug-likeness (QED) is 0.829. The number of hydrogen-bond acceptors (Lipinski definition) is 2. The van der Waals surface area contributed by atoms with Crippen molar-refractivity contribution in [3.63, 3.8) is 0 Å². The number of imidazole rings is 1. The third-order valence-electron chi connectivity index (χ3n) is 3.98. The Hall–Kier alpha value is -2.04. The van der Waals surface area contributed by atoms with Crippen LogP contribution in [0.25, 0.3) is 11.0 Å². The zero-order chi connectivity index (χ0) is 15.4. The molecule has 2 aromatic rings. The van der Waals surface area contributed by atoms with Gasteiger partial charge in [-0.2, -0.15) is 0 Å². The highest BCUT2D eigenvalue weighted by Crippen LogP contribution is 2.23. The molecule has 0 saturated carbocycles. The summed E-state index contributed by atoms with van der Waals surface area (Å²) in [4.78, 5) is 24.2. The van der Waals surface area contributed by atoms with Crippen LogP contribution in [-0.4, -0.2) is 15.2 Å². The lowest BCUT2D eigenvalue weighted by atomic mass is 10.1. The Morgan fingerprint density at radius 3 is 2.43 bits per heavy atom. The predicted octanol–water partition coefficient (Wildman–Crippen LogP) is 3.26. The van der Waals surface area contributed by atoms with Crippen molar-refractivity contribution in [2.24, 2.45) is 5.73 Å². The molecule has 1 unspecified atom stereocenters. The summed E-state index contributed by atoms with van der Waals surface area (Å²) in [5, 5.41) is 0. The highest BCUT2D eigenvalue weighted by molar-refractivity contribution is 5.88. The Bertz CT molecular complexity index is 684. The standard InChI is InChI=1S/C16H23N3O2/c1-3-5-6-9-12(4-2)18-13-10-7-8-11-14(13)19(15(17)20)16(18)21/h7-8,10-12H,3-6,9H2,1-2H3,(H2,17,20). The van der Waals surface area contributed by atoms with Crippen molar-refractivity contribution < 1.29 is 4.79 Å². The molecule has 0 aliphatic rings. The molecule has 2 rings (SSSR count). The van der Waals surface area contributed by atoms with Gasteiger partial charge in [-0.15, -0.1) is 0 Å². The number of hydrogen-bond donors (Lipinski definition) is 1. The van der Waals surface area contributed by atoms with Crippen molar-refractivity contribution in [3.05, 3.63) is 34.7 Å². The van der Waals surface area contributed by atoms with Crippen LogP contribution >= 0.6 is 0 Å². The second-order valence-corrected chi connectivity index (χ2v) is 5.37. The van der Waals surface area contributed by atoms with Gasteiger partial charge in [0.25, 0.3) is 0 Å². The van der Waals surface area contributed by atoms with Crippen LogP contribution in [0.2, 0.25) is 0 Å². The maximum absolute atomic E-state index is 12.6. The number of amides is 1. The highest BCUT2D eigenvalue weighted by Gasteiger charge is 2.20. The van der Waals surface area contributed by atoms with E-state index in [-0.39, 0.29) is 11.7 Å². The first-order valence-corrected chi connectivity index (χ1v) is 7.63. The molecule has 2 N–H and O–H groups in total. The SMILES string of the molecule is CCCCCC(CC)n1c(=O)n(C(N)=O)c2ccccc21. The van der Waals surface area contributed by atoms with Crippen molar-refractivity contribution >= 4 is 17.1 Å². The minimum atomic E-state index is -0.724. The molecule has 5 nitrogen and oxygen atoms in total. The van der Waals surface area contributed by atoms with E-state index >= 15 is 0 Å². The molecule has 1 atom stereocenters. The van der Waals surface area contributed by atoms with Gasteiger partial charge >= 0.3 is 11.7 Å². The number of carbonyl (C=O) groups is 1. The van der Waals surface area contributed by atoms with Gasteiger partial charge in [0, 0.05) is 6.04 Å². The van der Waals surface area contributed by atoms with Crippen molar-refractivity contribution in [3.8, 4) is 0 Å². The van der Waals surface area contributed by atoms with Crippen LogP contribution < -0.4 is 11.4 Å². The van der Waals surface area contributed by atoms with E-state index in [0.717, 1.165) is 42.2 Å². The van der Waals surface area contributed by atoms with E-state index in [2.05, 4.69) is 13.8 Å². The van der Waals surface area contributed by atoms with Crippen LogP contribution in [0.1, 0.15) is 52.0 Å². The first-order chi connectivity index (χ1) is 10.1. The van der Waals surface area contributed by atoms with Crippen molar-refractivity contribution in [2.45, 2.75) is 52.0 Å². The van der Waals surface area contributed by atoms with E-state index in [1.807, 2.05) is 18.2 Å². The van der Waals surface area contributed by atoms with Gasteiger partial charge in [-0.05, 0) is 25.0 Å². The molecule has 0 spiro atoms. The summed E-state index contributed by atoms with van der Waals surface area (Å²) in [5.74, 6) is 0. The molecule has 0 aliphatic heterocycles. The summed E-state index contributed by atoms with van der Waals surface area (Å²) < 4.78 is 2.80. The van der Waals surface area contributed by atoms with Gasteiger partial charge in [0.15, 0.2) is 0 Å². The molecular weight excluding hydrogens is 266 g/mol. The summed E-state index contributed by atoms with van der Waals surface area (Å²) in [6.07, 6.45) is 5.18. The minimum absolute atomic E-state index is 0.106. The number of para-hydroxylation sites is 2. The molecule has 21 heavy (non-hydrogen) atoms. The largest absolute Gasteiger partial charge is 0.351 e. The van der Waals surface area contributed by atoms with Crippen molar-refractivity contribution in [2.75, 3.05) is 0 Å². The average Bonchev–Trinajstić information content (AvgIpc) is 2.76. The first-order valence-electron chi connectivity index (χ1n) is 7.63. The lowest BCUT2D eigenvalue weighted by Crippen LogP contribution is -2.34. The van der Waals surface area contributed by atoms with Gasteiger partial charge in [-0.25, -0.2) is 14.2 Å². The van der Waals surface area contributed by atoms with Crippen molar-refractivity contribution in [1.82, 2.24) is 9.13 Å². The molecule has 114 valence electrons. The fourth-order valence-corrected chi connectivity index (χ4v) is 2.88. The number of carbonyl (C=O) groups excluding carboxylic acids is 1. The molecule has 1 amide bonds. The monoisotopic (exact) mass is 289 g/mol. The highest BCUT2D eigenvalue weighted by atomic mass is 16.2. The Labute approximate surface area is 124 Å². The van der Waals surface area contributed by atoms with E-state index in [1.54, 1.807) is 10.6 Å². The van der Waals surface area contributed by atoms with E-state index in [0.29, 0.717) is 5.52 Å². The molecule has 0 fully saturated rings. The third-order valence-corrected chi connectivity index (χ3v) is 3.98. The van der Waals surface area contributed by atoms with Crippen LogP contribution in [0.4, 0.5) is 4.79 Å². The molecule has 5 heteroatoms. The van der Waals surface area contributed by atoms with Gasteiger partial charge < -0.3 is 5.73 Å². The molecule has 0 saturated heterocycles. The number of nitrogens with two attached hydrogens (primary N) is 1. The zero-order valence-corrected chi connectivity index (χ0v) is 12.7. The van der Waals surface area contributed by atoms with E-state index < -0.39 is 6.03 Å². The molecule has 0 radical (unpaired) electrons. The Balaban J connectivity index is 2.54. The van der Waals surface area contributed by atoms with Gasteiger partial charge in [0.2, 0.25) is 0 Å². The Kier molecular flexibility index (Phi) is 4.83. The summed E-state index contributed by atoms with van der Waals surface area (Å²) >= 11 is 0. The molecule has 1 aromatic heterocycles. The number of rotatable bonds is 6. The smallest absolute Gasteiger partial charge is 0.337 e. The van der Waals surface area contributed by atoms with E-state index in [1.165, 1.54) is 0 Å². The molecule has 0 aliphatic carbocycles. The summed E-state index contributed by atoms with van der Waals surface area (Å²) in [6.45, 7) is 4.23.